The number of amides is 1. The van der Waals surface area contributed by atoms with E-state index in [0.717, 1.165) is 15.4 Å². The minimum Gasteiger partial charge on any atom is -0.496 e. The molecule has 0 heterocycles. The third-order valence-corrected chi connectivity index (χ3v) is 6.38. The Hall–Kier alpha value is -3.32. The van der Waals surface area contributed by atoms with Gasteiger partial charge in [-0.25, -0.2) is 8.42 Å². The van der Waals surface area contributed by atoms with Crippen LogP contribution in [-0.4, -0.2) is 28.5 Å². The van der Waals surface area contributed by atoms with Gasteiger partial charge in [0, 0.05) is 0 Å². The molecule has 3 aromatic carbocycles. The Kier molecular flexibility index (Phi) is 6.12. The average Bonchev–Trinajstić information content (AvgIpc) is 2.74. The van der Waals surface area contributed by atoms with Crippen LogP contribution in [0.25, 0.3) is 0 Å². The molecule has 0 spiro atoms. The van der Waals surface area contributed by atoms with Crippen molar-refractivity contribution in [3.63, 3.8) is 0 Å². The van der Waals surface area contributed by atoms with Crippen molar-refractivity contribution < 1.29 is 22.7 Å². The summed E-state index contributed by atoms with van der Waals surface area (Å²) in [6, 6.07) is 17.9. The van der Waals surface area contributed by atoms with E-state index in [2.05, 4.69) is 0 Å². The Morgan fingerprint density at radius 2 is 1.23 bits per heavy atom. The normalized spacial score (nSPS) is 11.1. The lowest BCUT2D eigenvalue weighted by atomic mass is 10.1. The molecule has 0 unspecified atom stereocenters. The first kappa shape index (κ1) is 21.4. The van der Waals surface area contributed by atoms with Crippen LogP contribution in [0.2, 0.25) is 0 Å². The summed E-state index contributed by atoms with van der Waals surface area (Å²) in [5.74, 6) is -0.333. The lowest BCUT2D eigenvalue weighted by molar-refractivity contribution is 0.0999. The first-order valence-corrected chi connectivity index (χ1v) is 10.7. The molecule has 156 valence electrons. The molecule has 0 radical (unpaired) electrons. The van der Waals surface area contributed by atoms with Crippen LogP contribution in [-0.2, 0) is 10.0 Å². The van der Waals surface area contributed by atoms with Gasteiger partial charge in [0.1, 0.15) is 17.1 Å². The van der Waals surface area contributed by atoms with E-state index in [4.69, 9.17) is 9.47 Å². The second-order valence-corrected chi connectivity index (χ2v) is 8.55. The highest BCUT2D eigenvalue weighted by atomic mass is 32.2. The predicted octanol–water partition coefficient (Wildman–Crippen LogP) is 4.36. The lowest BCUT2D eigenvalue weighted by Gasteiger charge is -2.24. The van der Waals surface area contributed by atoms with Crippen LogP contribution in [0.5, 0.6) is 11.5 Å². The van der Waals surface area contributed by atoms with Crippen molar-refractivity contribution >= 4 is 21.6 Å². The zero-order valence-electron chi connectivity index (χ0n) is 17.2. The number of hydrogen-bond acceptors (Lipinski definition) is 5. The number of ether oxygens (including phenoxy) is 2. The van der Waals surface area contributed by atoms with Gasteiger partial charge in [-0.1, -0.05) is 41.5 Å². The zero-order chi connectivity index (χ0) is 21.9. The summed E-state index contributed by atoms with van der Waals surface area (Å²) >= 11 is 0. The summed E-state index contributed by atoms with van der Waals surface area (Å²) in [5, 5.41) is 0. The van der Waals surface area contributed by atoms with Gasteiger partial charge in [-0.2, -0.15) is 4.31 Å². The summed E-state index contributed by atoms with van der Waals surface area (Å²) in [7, 11) is -1.38. The Labute approximate surface area is 176 Å². The van der Waals surface area contributed by atoms with Crippen LogP contribution < -0.4 is 13.8 Å². The molecule has 6 nitrogen and oxygen atoms in total. The van der Waals surface area contributed by atoms with Gasteiger partial charge in [-0.3, -0.25) is 4.79 Å². The van der Waals surface area contributed by atoms with Crippen LogP contribution in [0.1, 0.15) is 21.5 Å². The molecule has 7 heteroatoms. The first-order valence-electron chi connectivity index (χ1n) is 9.23. The van der Waals surface area contributed by atoms with E-state index in [9.17, 15) is 13.2 Å². The van der Waals surface area contributed by atoms with Crippen molar-refractivity contribution in [2.75, 3.05) is 18.5 Å². The zero-order valence-corrected chi connectivity index (χ0v) is 18.1. The van der Waals surface area contributed by atoms with Gasteiger partial charge >= 0.3 is 0 Å². The number of sulfonamides is 1. The molecule has 3 aromatic rings. The van der Waals surface area contributed by atoms with Crippen LogP contribution in [0, 0.1) is 13.8 Å². The molecule has 30 heavy (non-hydrogen) atoms. The number of carbonyl (C=O) groups excluding carboxylic acids is 1. The molecule has 0 fully saturated rings. The molecule has 0 aliphatic rings. The highest BCUT2D eigenvalue weighted by molar-refractivity contribution is 7.93. The van der Waals surface area contributed by atoms with Gasteiger partial charge in [-0.15, -0.1) is 0 Å². The number of anilines is 1. The largest absolute Gasteiger partial charge is 0.496 e. The van der Waals surface area contributed by atoms with E-state index >= 15 is 0 Å². The predicted molar refractivity (Wildman–Crippen MR) is 116 cm³/mol. The minimum absolute atomic E-state index is 0.0101. The molecule has 0 aromatic heterocycles. The molecule has 0 aliphatic carbocycles. The van der Waals surface area contributed by atoms with Gasteiger partial charge < -0.3 is 9.47 Å². The Morgan fingerprint density at radius 3 is 1.70 bits per heavy atom. The second-order valence-electron chi connectivity index (χ2n) is 6.76. The fourth-order valence-corrected chi connectivity index (χ4v) is 4.42. The minimum atomic E-state index is -4.21. The van der Waals surface area contributed by atoms with E-state index in [0.29, 0.717) is 0 Å². The van der Waals surface area contributed by atoms with Crippen molar-refractivity contribution in [3.8, 4) is 11.5 Å². The third kappa shape index (κ3) is 4.02. The van der Waals surface area contributed by atoms with Crippen molar-refractivity contribution in [3.05, 3.63) is 83.4 Å². The number of methoxy groups -OCH3 is 2. The SMILES string of the molecule is COc1cccc(OC)c1C(=O)N(c1ccc(C)cc1)S(=O)(=O)c1ccc(C)cc1. The van der Waals surface area contributed by atoms with Crippen molar-refractivity contribution in [2.24, 2.45) is 0 Å². The van der Waals surface area contributed by atoms with Crippen molar-refractivity contribution in [1.82, 2.24) is 0 Å². The van der Waals surface area contributed by atoms with E-state index in [1.165, 1.54) is 26.4 Å². The Balaban J connectivity index is 2.25. The van der Waals surface area contributed by atoms with Crippen LogP contribution in [0.15, 0.2) is 71.6 Å². The smallest absolute Gasteiger partial charge is 0.279 e. The number of rotatable bonds is 6. The number of carbonyl (C=O) groups is 1. The maximum Gasteiger partial charge on any atom is 0.279 e. The fourth-order valence-electron chi connectivity index (χ4n) is 3.02. The molecular weight excluding hydrogens is 402 g/mol. The van der Waals surface area contributed by atoms with Gasteiger partial charge in [0.2, 0.25) is 0 Å². The van der Waals surface area contributed by atoms with Crippen LogP contribution >= 0.6 is 0 Å². The molecule has 0 saturated carbocycles. The number of hydrogen-bond donors (Lipinski definition) is 0. The summed E-state index contributed by atoms with van der Waals surface area (Å²) in [6.45, 7) is 3.74. The Morgan fingerprint density at radius 1 is 0.767 bits per heavy atom. The van der Waals surface area contributed by atoms with Gasteiger partial charge in [0.05, 0.1) is 24.8 Å². The molecule has 0 bridgehead atoms. The number of aryl methyl sites for hydroxylation is 2. The van der Waals surface area contributed by atoms with Gasteiger partial charge in [0.25, 0.3) is 15.9 Å². The standard InChI is InChI=1S/C23H23NO5S/c1-16-8-12-18(13-9-16)24(30(26,27)19-14-10-17(2)11-15-19)23(25)22-20(28-3)6-5-7-21(22)29-4/h5-15H,1-4H3. The molecule has 0 N–H and O–H groups in total. The molecular formula is C23H23NO5S. The highest BCUT2D eigenvalue weighted by Gasteiger charge is 2.35. The highest BCUT2D eigenvalue weighted by Crippen LogP contribution is 2.34. The maximum atomic E-state index is 13.7. The van der Waals surface area contributed by atoms with Crippen LogP contribution in [0.3, 0.4) is 0 Å². The third-order valence-electron chi connectivity index (χ3n) is 4.65. The van der Waals surface area contributed by atoms with Crippen molar-refractivity contribution in [1.29, 1.82) is 0 Å². The number of nitrogens with zero attached hydrogens (tertiary/aromatic N) is 1. The average molecular weight is 426 g/mol. The van der Waals surface area contributed by atoms with Crippen molar-refractivity contribution in [2.45, 2.75) is 18.7 Å². The molecule has 0 aliphatic heterocycles. The molecule has 1 amide bonds. The van der Waals surface area contributed by atoms with E-state index in [1.807, 2.05) is 13.8 Å². The summed E-state index contributed by atoms with van der Waals surface area (Å²) in [4.78, 5) is 13.7. The van der Waals surface area contributed by atoms with E-state index < -0.39 is 15.9 Å². The Bertz CT molecular complexity index is 1130. The molecule has 0 saturated heterocycles. The van der Waals surface area contributed by atoms with E-state index in [-0.39, 0.29) is 27.6 Å². The summed E-state index contributed by atoms with van der Waals surface area (Å²) in [5.41, 5.74) is 2.10. The van der Waals surface area contributed by atoms with Crippen LogP contribution in [0.4, 0.5) is 5.69 Å². The van der Waals surface area contributed by atoms with Gasteiger partial charge in [0.15, 0.2) is 0 Å². The second kappa shape index (κ2) is 8.59. The lowest BCUT2D eigenvalue weighted by Crippen LogP contribution is -2.37. The number of benzene rings is 3. The maximum absolute atomic E-state index is 13.7. The fraction of sp³-hybridized carbons (Fsp3) is 0.174. The topological polar surface area (TPSA) is 72.9 Å². The molecule has 0 atom stereocenters. The van der Waals surface area contributed by atoms with E-state index in [1.54, 1.807) is 54.6 Å². The monoisotopic (exact) mass is 425 g/mol. The quantitative estimate of drug-likeness (QED) is 0.587. The summed E-state index contributed by atoms with van der Waals surface area (Å²) in [6.07, 6.45) is 0. The molecule has 3 rings (SSSR count). The van der Waals surface area contributed by atoms with Gasteiger partial charge in [-0.05, 0) is 50.2 Å². The first-order chi connectivity index (χ1) is 14.3. The summed E-state index contributed by atoms with van der Waals surface area (Å²) < 4.78 is 38.6.